The third-order valence-electron chi connectivity index (χ3n) is 5.07. The normalized spacial score (nSPS) is 18.2. The molecule has 1 amide bonds. The minimum absolute atomic E-state index is 0.00420. The van der Waals surface area contributed by atoms with Crippen molar-refractivity contribution in [1.29, 1.82) is 0 Å². The first-order chi connectivity index (χ1) is 11.7. The summed E-state index contributed by atoms with van der Waals surface area (Å²) in [6, 6.07) is 15.3. The lowest BCUT2D eigenvalue weighted by atomic mass is 9.91. The molecule has 1 heterocycles. The van der Waals surface area contributed by atoms with Crippen molar-refractivity contribution in [2.24, 2.45) is 0 Å². The Bertz CT molecular complexity index is 835. The van der Waals surface area contributed by atoms with Gasteiger partial charge >= 0.3 is 0 Å². The lowest BCUT2D eigenvalue weighted by Crippen LogP contribution is -2.47. The van der Waals surface area contributed by atoms with Crippen LogP contribution in [0.2, 0.25) is 10.0 Å². The average molecular weight is 374 g/mol. The van der Waals surface area contributed by atoms with Crippen molar-refractivity contribution >= 4 is 34.7 Å². The molecule has 1 unspecified atom stereocenters. The summed E-state index contributed by atoms with van der Waals surface area (Å²) in [5.41, 5.74) is 3.21. The SMILES string of the molecule is CC1=C(c2ccccc2)C(=O)N(C(C)(C)c2cc(Cl)cc(Cl)c2)C1C. The summed E-state index contributed by atoms with van der Waals surface area (Å²) in [6.45, 7) is 8.16. The Hall–Kier alpha value is -1.77. The van der Waals surface area contributed by atoms with Crippen LogP contribution < -0.4 is 0 Å². The zero-order valence-corrected chi connectivity index (χ0v) is 16.3. The minimum Gasteiger partial charge on any atom is -0.323 e. The number of carbonyl (C=O) groups excluding carboxylic acids is 1. The standard InChI is InChI=1S/C21H21Cl2NO/c1-13-14(2)24(20(25)19(13)15-8-6-5-7-9-15)21(3,4)16-10-17(22)12-18(23)11-16/h5-12,14H,1-4H3. The van der Waals surface area contributed by atoms with Crippen LogP contribution in [-0.2, 0) is 10.3 Å². The Labute approximate surface area is 159 Å². The van der Waals surface area contributed by atoms with E-state index in [0.29, 0.717) is 10.0 Å². The Kier molecular flexibility index (Phi) is 4.70. The molecule has 2 nitrogen and oxygen atoms in total. The summed E-state index contributed by atoms with van der Waals surface area (Å²) in [7, 11) is 0. The predicted octanol–water partition coefficient (Wildman–Crippen LogP) is 5.93. The minimum atomic E-state index is -0.539. The average Bonchev–Trinajstić information content (AvgIpc) is 2.77. The number of benzene rings is 2. The van der Waals surface area contributed by atoms with Crippen LogP contribution in [0.4, 0.5) is 0 Å². The molecule has 0 saturated carbocycles. The highest BCUT2D eigenvalue weighted by atomic mass is 35.5. The van der Waals surface area contributed by atoms with Crippen LogP contribution >= 0.6 is 23.2 Å². The molecule has 0 saturated heterocycles. The first kappa shape index (κ1) is 18.0. The van der Waals surface area contributed by atoms with Crippen molar-refractivity contribution in [1.82, 2.24) is 4.90 Å². The van der Waals surface area contributed by atoms with Crippen molar-refractivity contribution in [3.63, 3.8) is 0 Å². The molecule has 3 rings (SSSR count). The van der Waals surface area contributed by atoms with Gasteiger partial charge in [-0.25, -0.2) is 0 Å². The number of carbonyl (C=O) groups is 1. The highest BCUT2D eigenvalue weighted by molar-refractivity contribution is 6.34. The molecule has 2 aromatic carbocycles. The fourth-order valence-electron chi connectivity index (χ4n) is 3.61. The van der Waals surface area contributed by atoms with E-state index in [0.717, 1.165) is 22.3 Å². The second kappa shape index (κ2) is 6.51. The van der Waals surface area contributed by atoms with Crippen molar-refractivity contribution < 1.29 is 4.79 Å². The Morgan fingerprint density at radius 1 is 1.00 bits per heavy atom. The maximum absolute atomic E-state index is 13.3. The summed E-state index contributed by atoms with van der Waals surface area (Å²) < 4.78 is 0. The number of hydrogen-bond donors (Lipinski definition) is 0. The Morgan fingerprint density at radius 2 is 1.56 bits per heavy atom. The second-order valence-corrected chi connectivity index (χ2v) is 7.87. The van der Waals surface area contributed by atoms with Crippen molar-refractivity contribution in [3.05, 3.63) is 75.3 Å². The smallest absolute Gasteiger partial charge is 0.255 e. The molecule has 1 aliphatic rings. The topological polar surface area (TPSA) is 20.3 Å². The number of hydrogen-bond acceptors (Lipinski definition) is 1. The largest absolute Gasteiger partial charge is 0.323 e. The van der Waals surface area contributed by atoms with E-state index in [-0.39, 0.29) is 11.9 Å². The van der Waals surface area contributed by atoms with Gasteiger partial charge in [0.1, 0.15) is 0 Å². The molecule has 0 aliphatic carbocycles. The summed E-state index contributed by atoms with van der Waals surface area (Å²) in [4.78, 5) is 15.2. The molecular weight excluding hydrogens is 353 g/mol. The molecule has 0 fully saturated rings. The van der Waals surface area contributed by atoms with Crippen molar-refractivity contribution in [3.8, 4) is 0 Å². The number of rotatable bonds is 3. The van der Waals surface area contributed by atoms with Crippen LogP contribution in [-0.4, -0.2) is 16.8 Å². The first-order valence-electron chi connectivity index (χ1n) is 8.30. The monoisotopic (exact) mass is 373 g/mol. The van der Waals surface area contributed by atoms with E-state index < -0.39 is 5.54 Å². The van der Waals surface area contributed by atoms with Crippen LogP contribution in [0, 0.1) is 0 Å². The van der Waals surface area contributed by atoms with Crippen LogP contribution in [0.25, 0.3) is 5.57 Å². The van der Waals surface area contributed by atoms with E-state index in [2.05, 4.69) is 6.92 Å². The predicted molar refractivity (Wildman–Crippen MR) is 105 cm³/mol. The fourth-order valence-corrected chi connectivity index (χ4v) is 4.13. The fraction of sp³-hybridized carbons (Fsp3) is 0.286. The molecule has 0 bridgehead atoms. The highest BCUT2D eigenvalue weighted by Crippen LogP contribution is 2.42. The third-order valence-corrected chi connectivity index (χ3v) is 5.51. The van der Waals surface area contributed by atoms with Gasteiger partial charge in [-0.1, -0.05) is 53.5 Å². The zero-order chi connectivity index (χ0) is 18.4. The summed E-state index contributed by atoms with van der Waals surface area (Å²) in [6.07, 6.45) is 0. The summed E-state index contributed by atoms with van der Waals surface area (Å²) in [5.74, 6) is 0.0392. The van der Waals surface area contributed by atoms with E-state index in [9.17, 15) is 4.79 Å². The molecule has 25 heavy (non-hydrogen) atoms. The second-order valence-electron chi connectivity index (χ2n) is 6.99. The molecule has 2 aromatic rings. The van der Waals surface area contributed by atoms with Crippen LogP contribution in [0.5, 0.6) is 0 Å². The molecule has 0 spiro atoms. The molecular formula is C21H21Cl2NO. The van der Waals surface area contributed by atoms with E-state index in [1.54, 1.807) is 6.07 Å². The first-order valence-corrected chi connectivity index (χ1v) is 9.05. The van der Waals surface area contributed by atoms with Gasteiger partial charge in [0.15, 0.2) is 0 Å². The van der Waals surface area contributed by atoms with Crippen LogP contribution in [0.1, 0.15) is 38.8 Å². The van der Waals surface area contributed by atoms with Gasteiger partial charge in [-0.05, 0) is 62.6 Å². The zero-order valence-electron chi connectivity index (χ0n) is 14.8. The van der Waals surface area contributed by atoms with Crippen molar-refractivity contribution in [2.45, 2.75) is 39.3 Å². The number of amides is 1. The van der Waals surface area contributed by atoms with Crippen LogP contribution in [0.3, 0.4) is 0 Å². The molecule has 4 heteroatoms. The Morgan fingerprint density at radius 3 is 2.12 bits per heavy atom. The molecule has 1 aliphatic heterocycles. The maximum Gasteiger partial charge on any atom is 0.255 e. The Balaban J connectivity index is 2.05. The third kappa shape index (κ3) is 3.09. The molecule has 1 atom stereocenters. The van der Waals surface area contributed by atoms with Gasteiger partial charge in [-0.2, -0.15) is 0 Å². The van der Waals surface area contributed by atoms with Gasteiger partial charge in [0.05, 0.1) is 11.6 Å². The van der Waals surface area contributed by atoms with E-state index in [1.165, 1.54) is 0 Å². The molecule has 0 aromatic heterocycles. The van der Waals surface area contributed by atoms with Crippen molar-refractivity contribution in [2.75, 3.05) is 0 Å². The molecule has 0 N–H and O–H groups in total. The quantitative estimate of drug-likeness (QED) is 0.652. The summed E-state index contributed by atoms with van der Waals surface area (Å²) in [5, 5.41) is 1.14. The van der Waals surface area contributed by atoms with Gasteiger partial charge in [0.2, 0.25) is 0 Å². The lowest BCUT2D eigenvalue weighted by Gasteiger charge is -2.40. The molecule has 130 valence electrons. The van der Waals surface area contributed by atoms with E-state index >= 15 is 0 Å². The van der Waals surface area contributed by atoms with Crippen LogP contribution in [0.15, 0.2) is 54.1 Å². The summed E-state index contributed by atoms with van der Waals surface area (Å²) >= 11 is 12.4. The maximum atomic E-state index is 13.3. The van der Waals surface area contributed by atoms with Gasteiger partial charge in [-0.15, -0.1) is 0 Å². The van der Waals surface area contributed by atoms with Gasteiger partial charge in [0.25, 0.3) is 5.91 Å². The number of halogens is 2. The highest BCUT2D eigenvalue weighted by Gasteiger charge is 2.43. The van der Waals surface area contributed by atoms with E-state index in [4.69, 9.17) is 23.2 Å². The van der Waals surface area contributed by atoms with Gasteiger partial charge < -0.3 is 4.90 Å². The van der Waals surface area contributed by atoms with Gasteiger partial charge in [0, 0.05) is 15.6 Å². The molecule has 0 radical (unpaired) electrons. The number of nitrogens with zero attached hydrogens (tertiary/aromatic N) is 1. The lowest BCUT2D eigenvalue weighted by molar-refractivity contribution is -0.130. The van der Waals surface area contributed by atoms with E-state index in [1.807, 2.05) is 68.1 Å². The van der Waals surface area contributed by atoms with Gasteiger partial charge in [-0.3, -0.25) is 4.79 Å².